The lowest BCUT2D eigenvalue weighted by Crippen LogP contribution is -2.39. The largest absolute Gasteiger partial charge is 0.507 e. The lowest BCUT2D eigenvalue weighted by Gasteiger charge is -2.36. The summed E-state index contributed by atoms with van der Waals surface area (Å²) in [5.41, 5.74) is 3.63. The number of aliphatic hydroxyl groups is 2. The molecule has 0 radical (unpaired) electrons. The third-order valence-electron chi connectivity index (χ3n) is 8.14. The molecule has 1 fully saturated rings. The Morgan fingerprint density at radius 1 is 1.15 bits per heavy atom. The van der Waals surface area contributed by atoms with Gasteiger partial charge in [-0.3, -0.25) is 14.5 Å². The second-order valence-corrected chi connectivity index (χ2v) is 11.3. The first kappa shape index (κ1) is 30.2. The third-order valence-corrected chi connectivity index (χ3v) is 8.63. The van der Waals surface area contributed by atoms with Gasteiger partial charge in [-0.2, -0.15) is 0 Å². The van der Waals surface area contributed by atoms with Gasteiger partial charge in [0.15, 0.2) is 0 Å². The molecule has 1 aliphatic heterocycles. The zero-order chi connectivity index (χ0) is 29.1. The van der Waals surface area contributed by atoms with E-state index < -0.39 is 36.9 Å². The van der Waals surface area contributed by atoms with Gasteiger partial charge in [-0.25, -0.2) is 0 Å². The van der Waals surface area contributed by atoms with E-state index in [9.17, 15) is 35.0 Å². The van der Waals surface area contributed by atoms with Crippen molar-refractivity contribution >= 4 is 52.1 Å². The number of benzene rings is 2. The summed E-state index contributed by atoms with van der Waals surface area (Å²) in [5.74, 6) is -2.87. The Hall–Kier alpha value is -2.76. The summed E-state index contributed by atoms with van der Waals surface area (Å²) in [6.07, 6.45) is 3.52. The fraction of sp³-hybridized carbons (Fsp3) is 0.400. The second-order valence-electron chi connectivity index (χ2n) is 10.4. The van der Waals surface area contributed by atoms with Crippen LogP contribution in [0.2, 0.25) is 0 Å². The Morgan fingerprint density at radius 3 is 2.55 bits per heavy atom. The number of aliphatic hydroxyl groups excluding tert-OH is 2. The number of aromatic hydroxyl groups is 1. The maximum Gasteiger partial charge on any atom is 0.488 e. The maximum atomic E-state index is 13.7. The Balaban J connectivity index is 1.59. The number of rotatable bonds is 10. The van der Waals surface area contributed by atoms with Crippen molar-refractivity contribution in [1.29, 1.82) is 0 Å². The van der Waals surface area contributed by atoms with Gasteiger partial charge in [0.2, 0.25) is 11.8 Å². The van der Waals surface area contributed by atoms with Crippen molar-refractivity contribution in [3.63, 3.8) is 0 Å². The molecule has 8 nitrogen and oxygen atoms in total. The molecule has 2 aliphatic rings. The molecular formula is C30H35BBrNO7. The summed E-state index contributed by atoms with van der Waals surface area (Å²) in [6, 6.07) is 11.2. The molecule has 1 saturated heterocycles. The van der Waals surface area contributed by atoms with Crippen LogP contribution in [0.4, 0.5) is 5.69 Å². The first-order valence-corrected chi connectivity index (χ1v) is 14.4. The van der Waals surface area contributed by atoms with Crippen LogP contribution >= 0.6 is 15.9 Å². The molecule has 1 aliphatic carbocycles. The number of carbonyl (C=O) groups excluding carboxylic acids is 2. The molecular weight excluding hydrogens is 577 g/mol. The van der Waals surface area contributed by atoms with E-state index in [-0.39, 0.29) is 29.4 Å². The smallest absolute Gasteiger partial charge is 0.488 e. The predicted octanol–water partition coefficient (Wildman–Crippen LogP) is 3.29. The molecule has 2 aromatic rings. The number of halogens is 1. The zero-order valence-corrected chi connectivity index (χ0v) is 24.2. The average Bonchev–Trinajstić information content (AvgIpc) is 3.20. The average molecular weight is 612 g/mol. The molecule has 2 aromatic carbocycles. The van der Waals surface area contributed by atoms with Gasteiger partial charge >= 0.3 is 7.12 Å². The van der Waals surface area contributed by atoms with Crippen molar-refractivity contribution in [2.75, 3.05) is 11.5 Å². The van der Waals surface area contributed by atoms with Crippen LogP contribution < -0.4 is 10.4 Å². The van der Waals surface area contributed by atoms with E-state index in [2.05, 4.69) is 15.9 Å². The Morgan fingerprint density at radius 2 is 1.90 bits per heavy atom. The van der Waals surface area contributed by atoms with Crippen LogP contribution in [-0.4, -0.2) is 57.0 Å². The molecule has 4 rings (SSSR count). The zero-order valence-electron chi connectivity index (χ0n) is 22.6. The van der Waals surface area contributed by atoms with E-state index in [0.29, 0.717) is 36.8 Å². The normalized spacial score (nSPS) is 22.1. The van der Waals surface area contributed by atoms with Crippen LogP contribution in [0.25, 0.3) is 6.08 Å². The van der Waals surface area contributed by atoms with Crippen LogP contribution in [0.3, 0.4) is 0 Å². The molecule has 0 aromatic heterocycles. The summed E-state index contributed by atoms with van der Waals surface area (Å²) in [4.78, 5) is 28.2. The number of anilines is 1. The fourth-order valence-corrected chi connectivity index (χ4v) is 6.45. The summed E-state index contributed by atoms with van der Waals surface area (Å²) in [6.45, 7) is 3.56. The van der Waals surface area contributed by atoms with Crippen LogP contribution in [0.5, 0.6) is 5.75 Å². The van der Waals surface area contributed by atoms with Gasteiger partial charge in [0, 0.05) is 16.0 Å². The highest BCUT2D eigenvalue weighted by Gasteiger charge is 2.55. The van der Waals surface area contributed by atoms with Crippen LogP contribution in [0, 0.1) is 17.8 Å². The number of amides is 2. The van der Waals surface area contributed by atoms with E-state index in [1.165, 1.54) is 12.1 Å². The molecule has 0 saturated carbocycles. The minimum absolute atomic E-state index is 0.158. The topological polar surface area (TPSA) is 139 Å². The molecule has 5 N–H and O–H groups in total. The predicted molar refractivity (Wildman–Crippen MR) is 158 cm³/mol. The SMILES string of the molecule is CCC1=C([C@H](O)CC/C(=C/c2cc(Br)ccc2O)CC)[C@H](CO)[C@@H]2C(=O)N(c3cccc(B(O)O)c3)C(=O)[C@@H]2C1. The Bertz CT molecular complexity index is 1340. The minimum atomic E-state index is -1.75. The lowest BCUT2D eigenvalue weighted by atomic mass is 9.67. The molecule has 40 heavy (non-hydrogen) atoms. The van der Waals surface area contributed by atoms with Gasteiger partial charge in [0.25, 0.3) is 0 Å². The van der Waals surface area contributed by atoms with Gasteiger partial charge in [0.1, 0.15) is 5.75 Å². The summed E-state index contributed by atoms with van der Waals surface area (Å²) in [7, 11) is -1.75. The van der Waals surface area contributed by atoms with Crippen molar-refractivity contribution in [2.45, 2.75) is 52.1 Å². The summed E-state index contributed by atoms with van der Waals surface area (Å²) >= 11 is 3.42. The van der Waals surface area contributed by atoms with Crippen molar-refractivity contribution in [3.8, 4) is 5.75 Å². The van der Waals surface area contributed by atoms with E-state index in [4.69, 9.17) is 0 Å². The monoisotopic (exact) mass is 611 g/mol. The lowest BCUT2D eigenvalue weighted by molar-refractivity contribution is -0.123. The Labute approximate surface area is 242 Å². The highest BCUT2D eigenvalue weighted by Crippen LogP contribution is 2.48. The van der Waals surface area contributed by atoms with Crippen molar-refractivity contribution in [2.24, 2.45) is 17.8 Å². The first-order valence-electron chi connectivity index (χ1n) is 13.6. The van der Waals surface area contributed by atoms with E-state index in [0.717, 1.165) is 26.9 Å². The second kappa shape index (κ2) is 12.8. The van der Waals surface area contributed by atoms with E-state index in [1.54, 1.807) is 24.3 Å². The highest BCUT2D eigenvalue weighted by molar-refractivity contribution is 9.10. The molecule has 4 atom stereocenters. The van der Waals surface area contributed by atoms with Gasteiger partial charge in [0.05, 0.1) is 30.2 Å². The number of phenols is 1. The van der Waals surface area contributed by atoms with Gasteiger partial charge in [-0.15, -0.1) is 0 Å². The number of phenolic OH excluding ortho intramolecular Hbond substituents is 1. The highest BCUT2D eigenvalue weighted by atomic mass is 79.9. The number of carbonyl (C=O) groups is 2. The number of hydrogen-bond donors (Lipinski definition) is 5. The molecule has 2 amide bonds. The molecule has 0 spiro atoms. The molecule has 0 unspecified atom stereocenters. The minimum Gasteiger partial charge on any atom is -0.507 e. The number of allylic oxidation sites excluding steroid dienone is 2. The van der Waals surface area contributed by atoms with Crippen LogP contribution in [0.15, 0.2) is 63.7 Å². The fourth-order valence-electron chi connectivity index (χ4n) is 6.07. The first-order chi connectivity index (χ1) is 19.1. The van der Waals surface area contributed by atoms with E-state index in [1.807, 2.05) is 26.0 Å². The molecule has 0 bridgehead atoms. The number of hydrogen-bond acceptors (Lipinski definition) is 7. The maximum absolute atomic E-state index is 13.7. The summed E-state index contributed by atoms with van der Waals surface area (Å²) < 4.78 is 0.844. The number of nitrogens with zero attached hydrogens (tertiary/aromatic N) is 1. The third kappa shape index (κ3) is 5.96. The molecule has 10 heteroatoms. The van der Waals surface area contributed by atoms with Gasteiger partial charge < -0.3 is 25.4 Å². The van der Waals surface area contributed by atoms with Gasteiger partial charge in [-0.05, 0) is 73.5 Å². The summed E-state index contributed by atoms with van der Waals surface area (Å²) in [5, 5.41) is 51.3. The van der Waals surface area contributed by atoms with Crippen LogP contribution in [0.1, 0.15) is 51.5 Å². The number of imide groups is 1. The van der Waals surface area contributed by atoms with Crippen molar-refractivity contribution < 1.29 is 35.0 Å². The quantitative estimate of drug-likeness (QED) is 0.158. The van der Waals surface area contributed by atoms with Crippen molar-refractivity contribution in [1.82, 2.24) is 0 Å². The Kier molecular flexibility index (Phi) is 9.69. The van der Waals surface area contributed by atoms with Gasteiger partial charge in [-0.1, -0.05) is 59.1 Å². The molecule has 1 heterocycles. The molecule has 212 valence electrons. The standard InChI is InChI=1S/C30H35BBrNO7/c1-3-17(12-19-13-21(32)9-11-25(19)35)8-10-26(36)27-18(4-2)14-23-28(24(27)16-34)30(38)33(29(23)37)22-7-5-6-20(15-22)31(39)40/h5-7,9,11-13,15,23-24,26,28,34-36,39-40H,3-4,8,10,14,16H2,1-2H3/b17-12+/t23-,24+,26-,28-/m1/s1. The van der Waals surface area contributed by atoms with Crippen LogP contribution in [-0.2, 0) is 9.59 Å². The van der Waals surface area contributed by atoms with E-state index >= 15 is 0 Å². The number of fused-ring (bicyclic) bond motifs is 1. The van der Waals surface area contributed by atoms with Crippen molar-refractivity contribution in [3.05, 3.63) is 69.2 Å².